The van der Waals surface area contributed by atoms with Crippen LogP contribution in [0.25, 0.3) is 0 Å². The fraction of sp³-hybridized carbons (Fsp3) is 0.320. The molecule has 2 aliphatic rings. The van der Waals surface area contributed by atoms with Crippen LogP contribution < -0.4 is 15.0 Å². The summed E-state index contributed by atoms with van der Waals surface area (Å²) in [7, 11) is 1.30. The van der Waals surface area contributed by atoms with Gasteiger partial charge in [-0.3, -0.25) is 9.59 Å². The van der Waals surface area contributed by atoms with Crippen LogP contribution in [0.5, 0.6) is 11.5 Å². The maximum Gasteiger partial charge on any atom is 0.343 e. The predicted molar refractivity (Wildman–Crippen MR) is 126 cm³/mol. The molecule has 0 saturated heterocycles. The molecule has 5 rings (SSSR count). The normalized spacial score (nSPS) is 16.7. The molecule has 0 unspecified atom stereocenters. The molecule has 1 aromatic carbocycles. The van der Waals surface area contributed by atoms with Crippen LogP contribution in [0.2, 0.25) is 0 Å². The number of carbonyl (C=O) groups is 2. The van der Waals surface area contributed by atoms with E-state index in [-0.39, 0.29) is 35.9 Å². The second-order valence-corrected chi connectivity index (χ2v) is 9.01. The average molecular weight is 481 g/mol. The topological polar surface area (TPSA) is 87.1 Å². The van der Waals surface area contributed by atoms with Gasteiger partial charge < -0.3 is 23.7 Å². The Morgan fingerprint density at radius 1 is 1.18 bits per heavy atom. The van der Waals surface area contributed by atoms with E-state index >= 15 is 0 Å². The Morgan fingerprint density at radius 2 is 2.03 bits per heavy atom. The highest BCUT2D eigenvalue weighted by Crippen LogP contribution is 2.30. The number of fused-ring (bicyclic) bond motifs is 2. The van der Waals surface area contributed by atoms with E-state index in [0.29, 0.717) is 31.6 Å². The SMILES string of the molecule is COC(=O)c1c(OCc2ccsc2)cc(=O)n2c1CCN(C(=O)[C@@H]1Cc3ccccc3O1)CC2. The van der Waals surface area contributed by atoms with Gasteiger partial charge in [-0.1, -0.05) is 18.2 Å². The second kappa shape index (κ2) is 9.34. The molecule has 1 amide bonds. The lowest BCUT2D eigenvalue weighted by Gasteiger charge is -2.23. The number of carbonyl (C=O) groups excluding carboxylic acids is 2. The van der Waals surface area contributed by atoms with Crippen molar-refractivity contribution in [2.75, 3.05) is 20.2 Å². The average Bonchev–Trinajstić information content (AvgIpc) is 3.47. The molecular formula is C25H24N2O6S. The van der Waals surface area contributed by atoms with Crippen molar-refractivity contribution in [1.29, 1.82) is 0 Å². The van der Waals surface area contributed by atoms with Gasteiger partial charge in [0.15, 0.2) is 6.10 Å². The third-order valence-corrected chi connectivity index (χ3v) is 6.92. The zero-order valence-corrected chi connectivity index (χ0v) is 19.5. The molecule has 2 aromatic heterocycles. The molecule has 0 saturated carbocycles. The molecule has 0 radical (unpaired) electrons. The summed E-state index contributed by atoms with van der Waals surface area (Å²) >= 11 is 1.54. The van der Waals surface area contributed by atoms with Gasteiger partial charge in [-0.05, 0) is 34.0 Å². The van der Waals surface area contributed by atoms with Crippen molar-refractivity contribution >= 4 is 23.2 Å². The number of ether oxygens (including phenoxy) is 3. The number of rotatable bonds is 5. The van der Waals surface area contributed by atoms with Crippen LogP contribution in [0.3, 0.4) is 0 Å². The Balaban J connectivity index is 1.39. The van der Waals surface area contributed by atoms with E-state index in [9.17, 15) is 14.4 Å². The standard InChI is InChI=1S/C25H24N2O6S/c1-31-25(30)23-18-6-8-26(24(29)21-12-17-4-2-3-5-19(17)33-21)9-10-27(18)22(28)13-20(23)32-14-16-7-11-34-15-16/h2-5,7,11,13,15,21H,6,8-10,12,14H2,1H3/t21-/m0/s1. The van der Waals surface area contributed by atoms with Crippen LogP contribution in [-0.2, 0) is 35.5 Å². The largest absolute Gasteiger partial charge is 0.488 e. The van der Waals surface area contributed by atoms with E-state index in [2.05, 4.69) is 0 Å². The minimum atomic E-state index is -0.583. The monoisotopic (exact) mass is 480 g/mol. The maximum absolute atomic E-state index is 13.2. The molecule has 176 valence electrons. The van der Waals surface area contributed by atoms with Crippen LogP contribution >= 0.6 is 11.3 Å². The Labute approximate surface area is 200 Å². The molecule has 2 aliphatic heterocycles. The molecule has 34 heavy (non-hydrogen) atoms. The highest BCUT2D eigenvalue weighted by atomic mass is 32.1. The van der Waals surface area contributed by atoms with E-state index in [1.54, 1.807) is 20.8 Å². The molecule has 3 aromatic rings. The molecule has 8 nitrogen and oxygen atoms in total. The second-order valence-electron chi connectivity index (χ2n) is 8.23. The summed E-state index contributed by atoms with van der Waals surface area (Å²) in [6.07, 6.45) is 0.257. The fourth-order valence-corrected chi connectivity index (χ4v) is 5.12. The number of para-hydroxylation sites is 1. The smallest absolute Gasteiger partial charge is 0.343 e. The number of hydrogen-bond donors (Lipinski definition) is 0. The number of methoxy groups -OCH3 is 1. The van der Waals surface area contributed by atoms with Crippen molar-refractivity contribution in [3.8, 4) is 11.5 Å². The third-order valence-electron chi connectivity index (χ3n) is 6.19. The van der Waals surface area contributed by atoms with Gasteiger partial charge in [-0.2, -0.15) is 11.3 Å². The number of aromatic nitrogens is 1. The molecule has 0 spiro atoms. The first-order valence-corrected chi connectivity index (χ1v) is 12.0. The summed E-state index contributed by atoms with van der Waals surface area (Å²) in [4.78, 5) is 40.6. The van der Waals surface area contributed by atoms with Gasteiger partial charge in [0.1, 0.15) is 23.7 Å². The minimum absolute atomic E-state index is 0.120. The quantitative estimate of drug-likeness (QED) is 0.522. The van der Waals surface area contributed by atoms with Crippen molar-refractivity contribution in [3.05, 3.63) is 79.9 Å². The molecule has 4 heterocycles. The molecule has 0 N–H and O–H groups in total. The number of amides is 1. The number of thiophene rings is 1. The number of pyridine rings is 1. The number of hydrogen-bond acceptors (Lipinski definition) is 7. The molecule has 0 fully saturated rings. The van der Waals surface area contributed by atoms with Gasteiger partial charge in [-0.15, -0.1) is 0 Å². The molecule has 0 aliphatic carbocycles. The third kappa shape index (κ3) is 4.19. The number of benzene rings is 1. The van der Waals surface area contributed by atoms with Crippen molar-refractivity contribution in [1.82, 2.24) is 9.47 Å². The van der Waals surface area contributed by atoms with Crippen molar-refractivity contribution in [3.63, 3.8) is 0 Å². The highest BCUT2D eigenvalue weighted by Gasteiger charge is 2.34. The van der Waals surface area contributed by atoms with E-state index in [4.69, 9.17) is 14.2 Å². The maximum atomic E-state index is 13.2. The summed E-state index contributed by atoms with van der Waals surface area (Å²) in [5.74, 6) is 0.239. The molecule has 0 bridgehead atoms. The number of esters is 1. The van der Waals surface area contributed by atoms with Crippen LogP contribution in [0.4, 0.5) is 0 Å². The first-order valence-electron chi connectivity index (χ1n) is 11.1. The lowest BCUT2D eigenvalue weighted by molar-refractivity contribution is -0.137. The van der Waals surface area contributed by atoms with Crippen LogP contribution in [-0.4, -0.2) is 47.6 Å². The van der Waals surface area contributed by atoms with Gasteiger partial charge >= 0.3 is 5.97 Å². The first kappa shape index (κ1) is 22.2. The summed E-state index contributed by atoms with van der Waals surface area (Å²) in [5, 5.41) is 3.88. The number of nitrogens with zero attached hydrogens (tertiary/aromatic N) is 2. The van der Waals surface area contributed by atoms with Crippen molar-refractivity contribution in [2.24, 2.45) is 0 Å². The van der Waals surface area contributed by atoms with Crippen LogP contribution in [0.15, 0.2) is 52.0 Å². The molecular weight excluding hydrogens is 456 g/mol. The van der Waals surface area contributed by atoms with Crippen LogP contribution in [0.1, 0.15) is 27.2 Å². The summed E-state index contributed by atoms with van der Waals surface area (Å²) < 4.78 is 18.3. The van der Waals surface area contributed by atoms with E-state index in [1.165, 1.54) is 13.2 Å². The Morgan fingerprint density at radius 3 is 2.79 bits per heavy atom. The minimum Gasteiger partial charge on any atom is -0.488 e. The summed E-state index contributed by atoms with van der Waals surface area (Å²) in [6.45, 7) is 1.21. The van der Waals surface area contributed by atoms with Gasteiger partial charge in [-0.25, -0.2) is 4.79 Å². The summed E-state index contributed by atoms with van der Waals surface area (Å²) in [6, 6.07) is 10.9. The molecule has 9 heteroatoms. The van der Waals surface area contributed by atoms with E-state index in [0.717, 1.165) is 16.9 Å². The predicted octanol–water partition coefficient (Wildman–Crippen LogP) is 2.66. The van der Waals surface area contributed by atoms with Crippen LogP contribution in [0, 0.1) is 0 Å². The summed E-state index contributed by atoms with van der Waals surface area (Å²) in [5.41, 5.74) is 2.43. The first-order chi connectivity index (χ1) is 16.5. The van der Waals surface area contributed by atoms with E-state index in [1.807, 2.05) is 41.1 Å². The lowest BCUT2D eigenvalue weighted by Crippen LogP contribution is -2.43. The Hall–Kier alpha value is -3.59. The zero-order valence-electron chi connectivity index (χ0n) is 18.7. The van der Waals surface area contributed by atoms with E-state index < -0.39 is 12.1 Å². The highest BCUT2D eigenvalue weighted by molar-refractivity contribution is 7.07. The fourth-order valence-electron chi connectivity index (χ4n) is 4.46. The molecule has 1 atom stereocenters. The van der Waals surface area contributed by atoms with Gasteiger partial charge in [0.25, 0.3) is 11.5 Å². The van der Waals surface area contributed by atoms with Crippen molar-refractivity contribution < 1.29 is 23.8 Å². The van der Waals surface area contributed by atoms with Crippen molar-refractivity contribution in [2.45, 2.75) is 32.1 Å². The van der Waals surface area contributed by atoms with Gasteiger partial charge in [0.2, 0.25) is 0 Å². The van der Waals surface area contributed by atoms with Gasteiger partial charge in [0, 0.05) is 44.2 Å². The Kier molecular flexibility index (Phi) is 6.10. The lowest BCUT2D eigenvalue weighted by atomic mass is 10.1. The van der Waals surface area contributed by atoms with Gasteiger partial charge in [0.05, 0.1) is 7.11 Å². The zero-order chi connectivity index (χ0) is 23.7. The Bertz CT molecular complexity index is 1260.